The van der Waals surface area contributed by atoms with Crippen LogP contribution in [0.3, 0.4) is 0 Å². The molecular weight excluding hydrogens is 196 g/mol. The lowest BCUT2D eigenvalue weighted by Gasteiger charge is -2.26. The molecule has 5 heteroatoms. The number of hydrogen-bond donors (Lipinski definition) is 1. The lowest BCUT2D eigenvalue weighted by molar-refractivity contribution is -0.141. The summed E-state index contributed by atoms with van der Waals surface area (Å²) in [5.41, 5.74) is 3.00. The van der Waals surface area contributed by atoms with Gasteiger partial charge in [0, 0.05) is 25.4 Å². The van der Waals surface area contributed by atoms with Crippen molar-refractivity contribution >= 4 is 5.97 Å². The molecule has 1 fully saturated rings. The normalized spacial score (nSPS) is 18.3. The number of ether oxygens (including phenoxy) is 2. The van der Waals surface area contributed by atoms with E-state index in [9.17, 15) is 4.79 Å². The van der Waals surface area contributed by atoms with Crippen molar-refractivity contribution in [2.75, 3.05) is 26.3 Å². The van der Waals surface area contributed by atoms with E-state index in [1.54, 1.807) is 6.20 Å². The molecule has 0 aromatic carbocycles. The number of rotatable bonds is 4. The van der Waals surface area contributed by atoms with Gasteiger partial charge in [0.1, 0.15) is 0 Å². The summed E-state index contributed by atoms with van der Waals surface area (Å²) < 4.78 is 10.1. The van der Waals surface area contributed by atoms with Gasteiger partial charge in [0.25, 0.3) is 0 Å². The molecule has 0 bridgehead atoms. The van der Waals surface area contributed by atoms with E-state index in [2.05, 4.69) is 5.43 Å². The highest BCUT2D eigenvalue weighted by atomic mass is 16.5. The Labute approximate surface area is 90.0 Å². The molecule has 0 saturated carbocycles. The first kappa shape index (κ1) is 12.0. The summed E-state index contributed by atoms with van der Waals surface area (Å²) in [7, 11) is 0. The standard InChI is InChI=1S/C10H18N2O3/c1-9(2)15-10(13)3-4-11-12-5-7-14-8-6-12/h3-4,9,11H,5-8H2,1-2H3. The van der Waals surface area contributed by atoms with Crippen LogP contribution < -0.4 is 5.43 Å². The van der Waals surface area contributed by atoms with Crippen LogP contribution in [0.4, 0.5) is 0 Å². The Morgan fingerprint density at radius 1 is 1.47 bits per heavy atom. The maximum Gasteiger partial charge on any atom is 0.332 e. The molecule has 1 aliphatic rings. The van der Waals surface area contributed by atoms with Crippen LogP contribution in [0.15, 0.2) is 12.3 Å². The van der Waals surface area contributed by atoms with E-state index < -0.39 is 0 Å². The van der Waals surface area contributed by atoms with Gasteiger partial charge in [0.2, 0.25) is 0 Å². The number of hydrazine groups is 1. The summed E-state index contributed by atoms with van der Waals surface area (Å²) in [4.78, 5) is 11.1. The molecule has 0 aromatic heterocycles. The molecule has 1 aliphatic heterocycles. The minimum absolute atomic E-state index is 0.0782. The zero-order valence-electron chi connectivity index (χ0n) is 9.23. The average molecular weight is 214 g/mol. The third-order valence-corrected chi connectivity index (χ3v) is 1.84. The minimum Gasteiger partial charge on any atom is -0.460 e. The molecule has 0 spiro atoms. The molecular formula is C10H18N2O3. The zero-order valence-corrected chi connectivity index (χ0v) is 9.23. The molecule has 1 heterocycles. The van der Waals surface area contributed by atoms with Crippen molar-refractivity contribution < 1.29 is 14.3 Å². The Bertz CT molecular complexity index is 223. The van der Waals surface area contributed by atoms with Gasteiger partial charge in [-0.1, -0.05) is 0 Å². The third-order valence-electron chi connectivity index (χ3n) is 1.84. The van der Waals surface area contributed by atoms with Crippen LogP contribution >= 0.6 is 0 Å². The second-order valence-corrected chi connectivity index (χ2v) is 3.55. The molecule has 15 heavy (non-hydrogen) atoms. The molecule has 0 radical (unpaired) electrons. The molecule has 0 atom stereocenters. The first-order valence-electron chi connectivity index (χ1n) is 5.14. The van der Waals surface area contributed by atoms with E-state index in [1.165, 1.54) is 6.08 Å². The Hall–Kier alpha value is -1.07. The minimum atomic E-state index is -0.328. The highest BCUT2D eigenvalue weighted by Crippen LogP contribution is 1.93. The van der Waals surface area contributed by atoms with Crippen LogP contribution in [-0.4, -0.2) is 43.4 Å². The van der Waals surface area contributed by atoms with E-state index in [4.69, 9.17) is 9.47 Å². The van der Waals surface area contributed by atoms with Gasteiger partial charge in [-0.25, -0.2) is 9.80 Å². The number of esters is 1. The average Bonchev–Trinajstić information content (AvgIpc) is 2.18. The second-order valence-electron chi connectivity index (χ2n) is 3.55. The van der Waals surface area contributed by atoms with Crippen molar-refractivity contribution in [2.24, 2.45) is 0 Å². The van der Waals surface area contributed by atoms with Gasteiger partial charge in [0.05, 0.1) is 19.3 Å². The summed E-state index contributed by atoms with van der Waals surface area (Å²) in [5.74, 6) is -0.328. The fraction of sp³-hybridized carbons (Fsp3) is 0.700. The maximum absolute atomic E-state index is 11.1. The monoisotopic (exact) mass is 214 g/mol. The van der Waals surface area contributed by atoms with Crippen molar-refractivity contribution in [3.8, 4) is 0 Å². The largest absolute Gasteiger partial charge is 0.460 e. The fourth-order valence-electron chi connectivity index (χ4n) is 1.17. The second kappa shape index (κ2) is 6.42. The molecule has 86 valence electrons. The first-order chi connectivity index (χ1) is 7.18. The van der Waals surface area contributed by atoms with Gasteiger partial charge >= 0.3 is 5.97 Å². The van der Waals surface area contributed by atoms with E-state index in [1.807, 2.05) is 18.9 Å². The van der Waals surface area contributed by atoms with Crippen LogP contribution in [0.2, 0.25) is 0 Å². The Morgan fingerprint density at radius 2 is 2.13 bits per heavy atom. The molecule has 0 amide bonds. The third kappa shape index (κ3) is 5.39. The molecule has 1 N–H and O–H groups in total. The fourth-order valence-corrected chi connectivity index (χ4v) is 1.17. The van der Waals surface area contributed by atoms with Crippen LogP contribution in [0.25, 0.3) is 0 Å². The van der Waals surface area contributed by atoms with Crippen LogP contribution in [-0.2, 0) is 14.3 Å². The summed E-state index contributed by atoms with van der Waals surface area (Å²) in [6.07, 6.45) is 2.90. The highest BCUT2D eigenvalue weighted by Gasteiger charge is 2.07. The van der Waals surface area contributed by atoms with Gasteiger partial charge in [-0.05, 0) is 13.8 Å². The number of hydrogen-bond acceptors (Lipinski definition) is 5. The number of carbonyl (C=O) groups excluding carboxylic acids is 1. The van der Waals surface area contributed by atoms with E-state index in [0.717, 1.165) is 26.3 Å². The Balaban J connectivity index is 2.17. The maximum atomic E-state index is 11.1. The molecule has 1 saturated heterocycles. The Morgan fingerprint density at radius 3 is 2.73 bits per heavy atom. The summed E-state index contributed by atoms with van der Waals surface area (Å²) in [6, 6.07) is 0. The summed E-state index contributed by atoms with van der Waals surface area (Å²) in [5, 5.41) is 1.99. The predicted molar refractivity (Wildman–Crippen MR) is 55.9 cm³/mol. The molecule has 1 rings (SSSR count). The molecule has 0 aromatic rings. The smallest absolute Gasteiger partial charge is 0.332 e. The molecule has 0 unspecified atom stereocenters. The zero-order chi connectivity index (χ0) is 11.1. The quantitative estimate of drug-likeness (QED) is 0.538. The summed E-state index contributed by atoms with van der Waals surface area (Å²) in [6.45, 7) is 6.73. The van der Waals surface area contributed by atoms with Gasteiger partial charge in [0.15, 0.2) is 0 Å². The van der Waals surface area contributed by atoms with Gasteiger partial charge in [-0.2, -0.15) is 0 Å². The van der Waals surface area contributed by atoms with Crippen molar-refractivity contribution in [2.45, 2.75) is 20.0 Å². The van der Waals surface area contributed by atoms with Crippen molar-refractivity contribution in [1.82, 2.24) is 10.4 Å². The van der Waals surface area contributed by atoms with Crippen molar-refractivity contribution in [3.63, 3.8) is 0 Å². The topological polar surface area (TPSA) is 50.8 Å². The number of nitrogens with one attached hydrogen (secondary N) is 1. The summed E-state index contributed by atoms with van der Waals surface area (Å²) >= 11 is 0. The van der Waals surface area contributed by atoms with E-state index in [0.29, 0.717) is 0 Å². The van der Waals surface area contributed by atoms with Crippen LogP contribution in [0, 0.1) is 0 Å². The molecule has 0 aliphatic carbocycles. The van der Waals surface area contributed by atoms with Crippen LogP contribution in [0.5, 0.6) is 0 Å². The molecule has 5 nitrogen and oxygen atoms in total. The number of nitrogens with zero attached hydrogens (tertiary/aromatic N) is 1. The number of morpholine rings is 1. The van der Waals surface area contributed by atoms with E-state index in [-0.39, 0.29) is 12.1 Å². The lowest BCUT2D eigenvalue weighted by atomic mass is 10.5. The first-order valence-corrected chi connectivity index (χ1v) is 5.14. The van der Waals surface area contributed by atoms with Gasteiger partial charge < -0.3 is 14.9 Å². The van der Waals surface area contributed by atoms with Crippen molar-refractivity contribution in [1.29, 1.82) is 0 Å². The predicted octanol–water partition coefficient (Wildman–Crippen LogP) is 0.288. The van der Waals surface area contributed by atoms with Crippen molar-refractivity contribution in [3.05, 3.63) is 12.3 Å². The Kier molecular flexibility index (Phi) is 5.14. The highest BCUT2D eigenvalue weighted by molar-refractivity contribution is 5.81. The van der Waals surface area contributed by atoms with Crippen LogP contribution in [0.1, 0.15) is 13.8 Å². The van der Waals surface area contributed by atoms with Gasteiger partial charge in [-0.15, -0.1) is 0 Å². The van der Waals surface area contributed by atoms with E-state index >= 15 is 0 Å². The number of carbonyl (C=O) groups is 1. The van der Waals surface area contributed by atoms with Gasteiger partial charge in [-0.3, -0.25) is 0 Å². The lowest BCUT2D eigenvalue weighted by Crippen LogP contribution is -2.43. The SMILES string of the molecule is CC(C)OC(=O)C=CNN1CCOCC1.